The number of aliphatic hydroxyl groups is 2. The number of nitriles is 1. The lowest BCUT2D eigenvalue weighted by Gasteiger charge is -2.25. The van der Waals surface area contributed by atoms with Gasteiger partial charge < -0.3 is 39.4 Å². The van der Waals surface area contributed by atoms with Crippen LogP contribution >= 0.6 is 23.2 Å². The van der Waals surface area contributed by atoms with Crippen molar-refractivity contribution in [3.63, 3.8) is 0 Å². The summed E-state index contributed by atoms with van der Waals surface area (Å²) in [5.41, 5.74) is 5.66. The Bertz CT molecular complexity index is 2640. The van der Waals surface area contributed by atoms with Crippen molar-refractivity contribution in [1.29, 1.82) is 5.26 Å². The quantitative estimate of drug-likeness (QED) is 0.0438. The molecular formula is C49H50Cl2N4O10. The number of carboxylic acid groups (broad SMARTS) is 2. The molecule has 1 aromatic heterocycles. The first kappa shape index (κ1) is 47.1. The molecule has 4 aromatic carbocycles. The molecule has 0 amide bonds. The van der Waals surface area contributed by atoms with Crippen LogP contribution in [0.1, 0.15) is 90.3 Å². The van der Waals surface area contributed by atoms with Crippen LogP contribution in [-0.4, -0.2) is 68.2 Å². The molecule has 5 aromatic rings. The van der Waals surface area contributed by atoms with Gasteiger partial charge in [-0.15, -0.1) is 0 Å². The molecule has 1 heterocycles. The highest BCUT2D eigenvalue weighted by Gasteiger charge is 2.35. The van der Waals surface area contributed by atoms with E-state index in [2.05, 4.69) is 46.0 Å². The van der Waals surface area contributed by atoms with E-state index >= 15 is 0 Å². The molecule has 0 aliphatic heterocycles. The predicted octanol–water partition coefficient (Wildman–Crippen LogP) is 7.89. The molecule has 7 rings (SSSR count). The molecule has 6 N–H and O–H groups in total. The fourth-order valence-corrected chi connectivity index (χ4v) is 8.55. The maximum Gasteiger partial charge on any atom is 0.326 e. The van der Waals surface area contributed by atoms with Gasteiger partial charge in [0.2, 0.25) is 0 Å². The summed E-state index contributed by atoms with van der Waals surface area (Å²) in [6.07, 6.45) is 5.35. The topological polar surface area (TPSA) is 213 Å². The Kier molecular flexibility index (Phi) is 14.5. The average Bonchev–Trinajstić information content (AvgIpc) is 3.92. The Labute approximate surface area is 386 Å². The number of halogens is 2. The monoisotopic (exact) mass is 924 g/mol. The van der Waals surface area contributed by atoms with E-state index in [0.717, 1.165) is 35.1 Å². The van der Waals surface area contributed by atoms with E-state index in [1.54, 1.807) is 36.5 Å². The second-order valence-electron chi connectivity index (χ2n) is 16.5. The Morgan fingerprint density at radius 1 is 0.754 bits per heavy atom. The molecule has 65 heavy (non-hydrogen) atoms. The van der Waals surface area contributed by atoms with Gasteiger partial charge in [0.25, 0.3) is 0 Å². The van der Waals surface area contributed by atoms with Crippen LogP contribution in [0.15, 0.2) is 79.1 Å². The zero-order chi connectivity index (χ0) is 46.5. The van der Waals surface area contributed by atoms with E-state index in [9.17, 15) is 35.3 Å². The third-order valence-electron chi connectivity index (χ3n) is 12.0. The molecule has 0 saturated carbocycles. The van der Waals surface area contributed by atoms with Crippen molar-refractivity contribution in [1.82, 2.24) is 15.6 Å². The normalized spacial score (nSPS) is 17.0. The van der Waals surface area contributed by atoms with Crippen LogP contribution in [0.4, 0.5) is 0 Å². The number of hydrogen-bond donors (Lipinski definition) is 6. The zero-order valence-corrected chi connectivity index (χ0v) is 37.6. The summed E-state index contributed by atoms with van der Waals surface area (Å²) in [4.78, 5) is 27.8. The second kappa shape index (κ2) is 20.1. The van der Waals surface area contributed by atoms with Gasteiger partial charge in [-0.1, -0.05) is 59.6 Å². The van der Waals surface area contributed by atoms with Gasteiger partial charge >= 0.3 is 11.9 Å². The fourth-order valence-electron chi connectivity index (χ4n) is 8.09. The highest BCUT2D eigenvalue weighted by molar-refractivity contribution is 6.32. The second-order valence-corrected chi connectivity index (χ2v) is 17.3. The third-order valence-corrected chi connectivity index (χ3v) is 12.6. The highest BCUT2D eigenvalue weighted by Crippen LogP contribution is 2.47. The van der Waals surface area contributed by atoms with Gasteiger partial charge in [-0.3, -0.25) is 25.2 Å². The summed E-state index contributed by atoms with van der Waals surface area (Å²) in [7, 11) is 0. The van der Waals surface area contributed by atoms with Crippen LogP contribution in [0, 0.1) is 11.3 Å². The van der Waals surface area contributed by atoms with Crippen molar-refractivity contribution in [2.75, 3.05) is 19.8 Å². The number of nitrogens with one attached hydrogen (secondary N) is 2. The van der Waals surface area contributed by atoms with E-state index < -0.39 is 36.2 Å². The van der Waals surface area contributed by atoms with E-state index in [1.165, 1.54) is 31.2 Å². The first-order valence-electron chi connectivity index (χ1n) is 21.2. The van der Waals surface area contributed by atoms with Crippen molar-refractivity contribution in [2.45, 2.75) is 89.4 Å². The Morgan fingerprint density at radius 3 is 1.69 bits per heavy atom. The number of carbonyl (C=O) groups is 2. The van der Waals surface area contributed by atoms with Crippen LogP contribution in [0.5, 0.6) is 23.0 Å². The van der Waals surface area contributed by atoms with E-state index in [0.29, 0.717) is 74.7 Å². The first-order chi connectivity index (χ1) is 31.2. The number of hydrogen-bond acceptors (Lipinski definition) is 12. The average molecular weight is 926 g/mol. The molecule has 14 nitrogen and oxygen atoms in total. The number of aliphatic hydroxyl groups excluding tert-OH is 2. The molecule has 4 atom stereocenters. The standard InChI is InChI=1S/C49H50Cl2N4O10/c1-4-62-42-18-44(38(50)16-30(42)23-54-48(2,26-56)46(58)59)64-40-13-11-34-32(7-5-9-36(34)40)33-8-6-10-37-35(33)12-14-41(37)65-45-19-43(63-25-29-15-28(20-52)21-53-22-29)31(17-39(45)51)24-55-49(3,27-57)47(60)61/h5-10,15-19,21-22,40-41,54-57H,4,11-14,23-27H2,1-3H3,(H,58,59)(H,60,61)/t40-,41-,48-,49-/m0/s1. The van der Waals surface area contributed by atoms with E-state index in [-0.39, 0.29) is 31.9 Å². The summed E-state index contributed by atoms with van der Waals surface area (Å²) < 4.78 is 25.5. The van der Waals surface area contributed by atoms with Crippen molar-refractivity contribution < 1.29 is 49.0 Å². The van der Waals surface area contributed by atoms with Crippen LogP contribution in [0.2, 0.25) is 10.0 Å². The maximum absolute atomic E-state index is 11.9. The SMILES string of the molecule is CCOc1cc(O[C@H]2CCc3c(-c4cccc5c4CC[C@@H]5Oc4cc(OCc5cncc(C#N)c5)c(CN[C@@](C)(CO)C(=O)O)cc4Cl)cccc32)c(Cl)cc1CN[C@@](C)(CO)C(=O)O. The van der Waals surface area contributed by atoms with Gasteiger partial charge in [0.15, 0.2) is 0 Å². The van der Waals surface area contributed by atoms with Crippen molar-refractivity contribution in [3.05, 3.63) is 134 Å². The molecule has 0 bridgehead atoms. The first-order valence-corrected chi connectivity index (χ1v) is 22.0. The number of benzene rings is 4. The lowest BCUT2D eigenvalue weighted by molar-refractivity contribution is -0.146. The third kappa shape index (κ3) is 10.2. The molecule has 0 unspecified atom stereocenters. The fraction of sp³-hybridized carbons (Fsp3) is 0.347. The van der Waals surface area contributed by atoms with Gasteiger partial charge in [0.1, 0.15) is 59.0 Å². The number of carboxylic acids is 2. The Balaban J connectivity index is 1.12. The van der Waals surface area contributed by atoms with Gasteiger partial charge in [-0.2, -0.15) is 5.26 Å². The number of ether oxygens (including phenoxy) is 4. The van der Waals surface area contributed by atoms with Crippen molar-refractivity contribution >= 4 is 35.1 Å². The van der Waals surface area contributed by atoms with Crippen LogP contribution < -0.4 is 29.6 Å². The predicted molar refractivity (Wildman–Crippen MR) is 243 cm³/mol. The lowest BCUT2D eigenvalue weighted by atomic mass is 9.91. The molecule has 0 saturated heterocycles. The van der Waals surface area contributed by atoms with Gasteiger partial charge in [-0.05, 0) is 98.0 Å². The van der Waals surface area contributed by atoms with Gasteiger partial charge in [0, 0.05) is 54.3 Å². The smallest absolute Gasteiger partial charge is 0.326 e. The molecule has 0 fully saturated rings. The van der Waals surface area contributed by atoms with Gasteiger partial charge in [-0.25, -0.2) is 0 Å². The zero-order valence-electron chi connectivity index (χ0n) is 36.1. The minimum absolute atomic E-state index is 0.00527. The minimum Gasteiger partial charge on any atom is -0.493 e. The number of rotatable bonds is 20. The number of fused-ring (bicyclic) bond motifs is 2. The minimum atomic E-state index is -1.62. The Morgan fingerprint density at radius 2 is 1.25 bits per heavy atom. The number of aliphatic carboxylic acids is 2. The maximum atomic E-state index is 11.9. The summed E-state index contributed by atoms with van der Waals surface area (Å²) in [5, 5.41) is 54.7. The van der Waals surface area contributed by atoms with E-state index in [4.69, 9.17) is 42.1 Å². The number of pyridine rings is 1. The summed E-state index contributed by atoms with van der Waals surface area (Å²) in [6, 6.07) is 23.0. The van der Waals surface area contributed by atoms with Crippen LogP contribution in [0.3, 0.4) is 0 Å². The Hall–Kier alpha value is -5.92. The molecule has 0 radical (unpaired) electrons. The van der Waals surface area contributed by atoms with Crippen molar-refractivity contribution in [2.24, 2.45) is 0 Å². The molecule has 16 heteroatoms. The molecule has 2 aliphatic carbocycles. The highest BCUT2D eigenvalue weighted by atomic mass is 35.5. The largest absolute Gasteiger partial charge is 0.493 e. The molecular weight excluding hydrogens is 875 g/mol. The van der Waals surface area contributed by atoms with Gasteiger partial charge in [0.05, 0.1) is 35.4 Å². The summed E-state index contributed by atoms with van der Waals surface area (Å²) >= 11 is 13.7. The molecule has 340 valence electrons. The number of aromatic nitrogens is 1. The molecule has 0 spiro atoms. The van der Waals surface area contributed by atoms with Crippen LogP contribution in [0.25, 0.3) is 11.1 Å². The van der Waals surface area contributed by atoms with Crippen LogP contribution in [-0.2, 0) is 42.1 Å². The number of nitrogens with zero attached hydrogens (tertiary/aromatic N) is 2. The lowest BCUT2D eigenvalue weighted by Crippen LogP contribution is -2.52. The molecule has 2 aliphatic rings. The summed E-state index contributed by atoms with van der Waals surface area (Å²) in [5.74, 6) is -0.717. The van der Waals surface area contributed by atoms with E-state index in [1.807, 2.05) is 19.1 Å². The van der Waals surface area contributed by atoms with Crippen molar-refractivity contribution in [3.8, 4) is 40.2 Å². The summed E-state index contributed by atoms with van der Waals surface area (Å²) in [6.45, 7) is 3.91.